The first-order valence-corrected chi connectivity index (χ1v) is 5.20. The summed E-state index contributed by atoms with van der Waals surface area (Å²) in [5, 5.41) is 3.57. The molecule has 0 aromatic heterocycles. The monoisotopic (exact) mass is 170 g/mol. The van der Waals surface area contributed by atoms with Gasteiger partial charge in [-0.05, 0) is 37.6 Å². The lowest BCUT2D eigenvalue weighted by molar-refractivity contribution is 0.258. The molecule has 72 valence electrons. The van der Waals surface area contributed by atoms with Crippen molar-refractivity contribution in [2.75, 3.05) is 13.1 Å². The fourth-order valence-electron chi connectivity index (χ4n) is 1.51. The van der Waals surface area contributed by atoms with Crippen LogP contribution in [0.3, 0.4) is 0 Å². The average Bonchev–Trinajstić information content (AvgIpc) is 2.92. The lowest BCUT2D eigenvalue weighted by atomic mass is 9.82. The van der Waals surface area contributed by atoms with Crippen LogP contribution in [0.1, 0.15) is 39.5 Å². The van der Waals surface area contributed by atoms with Gasteiger partial charge < -0.3 is 11.1 Å². The summed E-state index contributed by atoms with van der Waals surface area (Å²) in [6.45, 7) is 6.41. The van der Waals surface area contributed by atoms with Crippen LogP contribution in [0.25, 0.3) is 0 Å². The summed E-state index contributed by atoms with van der Waals surface area (Å²) in [4.78, 5) is 0. The Balaban J connectivity index is 2.28. The number of rotatable bonds is 6. The molecule has 0 atom stereocenters. The Labute approximate surface area is 75.9 Å². The Bertz CT molecular complexity index is 118. The number of nitrogens with two attached hydrogens (primary N) is 1. The molecule has 0 radical (unpaired) electrons. The van der Waals surface area contributed by atoms with Gasteiger partial charge in [-0.15, -0.1) is 0 Å². The zero-order valence-corrected chi connectivity index (χ0v) is 8.40. The van der Waals surface area contributed by atoms with Crippen LogP contribution in [0.15, 0.2) is 0 Å². The first kappa shape index (κ1) is 10.0. The van der Waals surface area contributed by atoms with Crippen molar-refractivity contribution >= 4 is 0 Å². The Kier molecular flexibility index (Phi) is 3.53. The van der Waals surface area contributed by atoms with E-state index in [1.54, 1.807) is 0 Å². The molecule has 1 aliphatic carbocycles. The normalized spacial score (nSPS) is 18.2. The average molecular weight is 170 g/mol. The van der Waals surface area contributed by atoms with Crippen molar-refractivity contribution in [3.63, 3.8) is 0 Å². The molecule has 1 rings (SSSR count). The van der Waals surface area contributed by atoms with Crippen molar-refractivity contribution in [2.24, 2.45) is 11.1 Å². The van der Waals surface area contributed by atoms with Crippen LogP contribution in [0.2, 0.25) is 0 Å². The predicted molar refractivity (Wildman–Crippen MR) is 53.1 cm³/mol. The lowest BCUT2D eigenvalue weighted by Gasteiger charge is -2.30. The molecule has 0 unspecified atom stereocenters. The third kappa shape index (κ3) is 2.46. The summed E-state index contributed by atoms with van der Waals surface area (Å²) in [6.07, 6.45) is 5.13. The molecular formula is C10H22N2. The van der Waals surface area contributed by atoms with Crippen LogP contribution < -0.4 is 11.1 Å². The van der Waals surface area contributed by atoms with Crippen molar-refractivity contribution in [2.45, 2.75) is 45.6 Å². The number of hydrogen-bond donors (Lipinski definition) is 2. The van der Waals surface area contributed by atoms with Gasteiger partial charge in [0.15, 0.2) is 0 Å². The first-order valence-electron chi connectivity index (χ1n) is 5.20. The van der Waals surface area contributed by atoms with E-state index in [9.17, 15) is 0 Å². The fourth-order valence-corrected chi connectivity index (χ4v) is 1.51. The lowest BCUT2D eigenvalue weighted by Crippen LogP contribution is -2.40. The zero-order chi connectivity index (χ0) is 9.03. The SMILES string of the molecule is CCC(CC)(CN)CNC1CC1. The Hall–Kier alpha value is -0.0800. The largest absolute Gasteiger partial charge is 0.330 e. The van der Waals surface area contributed by atoms with Crippen molar-refractivity contribution in [3.8, 4) is 0 Å². The van der Waals surface area contributed by atoms with E-state index in [1.165, 1.54) is 25.7 Å². The van der Waals surface area contributed by atoms with Gasteiger partial charge >= 0.3 is 0 Å². The molecule has 0 amide bonds. The van der Waals surface area contributed by atoms with Gasteiger partial charge in [0.1, 0.15) is 0 Å². The Morgan fingerprint density at radius 1 is 1.33 bits per heavy atom. The quantitative estimate of drug-likeness (QED) is 0.634. The fraction of sp³-hybridized carbons (Fsp3) is 1.00. The summed E-state index contributed by atoms with van der Waals surface area (Å²) in [7, 11) is 0. The van der Waals surface area contributed by atoms with Gasteiger partial charge in [-0.25, -0.2) is 0 Å². The van der Waals surface area contributed by atoms with Crippen molar-refractivity contribution < 1.29 is 0 Å². The van der Waals surface area contributed by atoms with E-state index in [2.05, 4.69) is 19.2 Å². The minimum Gasteiger partial charge on any atom is -0.330 e. The van der Waals surface area contributed by atoms with Gasteiger partial charge in [-0.3, -0.25) is 0 Å². The second-order valence-electron chi connectivity index (χ2n) is 4.07. The molecule has 0 aromatic rings. The second-order valence-corrected chi connectivity index (χ2v) is 4.07. The summed E-state index contributed by atoms with van der Waals surface area (Å²) in [5.41, 5.74) is 6.16. The Morgan fingerprint density at radius 2 is 1.92 bits per heavy atom. The van der Waals surface area contributed by atoms with Crippen LogP contribution in [-0.4, -0.2) is 19.1 Å². The molecule has 0 bridgehead atoms. The molecule has 1 saturated carbocycles. The van der Waals surface area contributed by atoms with E-state index >= 15 is 0 Å². The van der Waals surface area contributed by atoms with Crippen LogP contribution in [0.5, 0.6) is 0 Å². The molecule has 2 heteroatoms. The standard InChI is InChI=1S/C10H22N2/c1-3-10(4-2,7-11)8-12-9-5-6-9/h9,12H,3-8,11H2,1-2H3. The smallest absolute Gasteiger partial charge is 0.00684 e. The molecule has 0 heterocycles. The topological polar surface area (TPSA) is 38.0 Å². The highest BCUT2D eigenvalue weighted by atomic mass is 15.0. The molecule has 3 N–H and O–H groups in total. The summed E-state index contributed by atoms with van der Waals surface area (Å²) < 4.78 is 0. The van der Waals surface area contributed by atoms with E-state index in [0.717, 1.165) is 19.1 Å². The minimum atomic E-state index is 0.364. The summed E-state index contributed by atoms with van der Waals surface area (Å²) in [6, 6.07) is 0.814. The van der Waals surface area contributed by atoms with Gasteiger partial charge in [-0.1, -0.05) is 13.8 Å². The molecule has 1 fully saturated rings. The van der Waals surface area contributed by atoms with E-state index in [4.69, 9.17) is 5.73 Å². The molecular weight excluding hydrogens is 148 g/mol. The summed E-state index contributed by atoms with van der Waals surface area (Å²) in [5.74, 6) is 0. The molecule has 0 spiro atoms. The van der Waals surface area contributed by atoms with E-state index in [0.29, 0.717) is 5.41 Å². The van der Waals surface area contributed by atoms with Crippen molar-refractivity contribution in [1.82, 2.24) is 5.32 Å². The van der Waals surface area contributed by atoms with Gasteiger partial charge in [0.05, 0.1) is 0 Å². The van der Waals surface area contributed by atoms with Crippen LogP contribution in [0.4, 0.5) is 0 Å². The molecule has 0 aromatic carbocycles. The van der Waals surface area contributed by atoms with Crippen molar-refractivity contribution in [1.29, 1.82) is 0 Å². The van der Waals surface area contributed by atoms with E-state index < -0.39 is 0 Å². The highest BCUT2D eigenvalue weighted by molar-refractivity contribution is 4.87. The third-order valence-electron chi connectivity index (χ3n) is 3.28. The van der Waals surface area contributed by atoms with Crippen LogP contribution in [-0.2, 0) is 0 Å². The third-order valence-corrected chi connectivity index (χ3v) is 3.28. The molecule has 1 aliphatic rings. The van der Waals surface area contributed by atoms with E-state index in [-0.39, 0.29) is 0 Å². The summed E-state index contributed by atoms with van der Waals surface area (Å²) >= 11 is 0. The molecule has 0 saturated heterocycles. The maximum absolute atomic E-state index is 5.80. The van der Waals surface area contributed by atoms with Gasteiger partial charge in [0, 0.05) is 12.6 Å². The second kappa shape index (κ2) is 4.24. The maximum atomic E-state index is 5.80. The van der Waals surface area contributed by atoms with Crippen molar-refractivity contribution in [3.05, 3.63) is 0 Å². The van der Waals surface area contributed by atoms with Crippen LogP contribution >= 0.6 is 0 Å². The van der Waals surface area contributed by atoms with Gasteiger partial charge in [0.25, 0.3) is 0 Å². The first-order chi connectivity index (χ1) is 5.76. The number of nitrogens with one attached hydrogen (secondary N) is 1. The zero-order valence-electron chi connectivity index (χ0n) is 8.40. The molecule has 0 aliphatic heterocycles. The maximum Gasteiger partial charge on any atom is 0.00684 e. The van der Waals surface area contributed by atoms with Crippen LogP contribution in [0, 0.1) is 5.41 Å². The van der Waals surface area contributed by atoms with Gasteiger partial charge in [-0.2, -0.15) is 0 Å². The number of hydrogen-bond acceptors (Lipinski definition) is 2. The predicted octanol–water partition coefficient (Wildman–Crippen LogP) is 1.50. The highest BCUT2D eigenvalue weighted by Gasteiger charge is 2.28. The Morgan fingerprint density at radius 3 is 2.25 bits per heavy atom. The molecule has 2 nitrogen and oxygen atoms in total. The van der Waals surface area contributed by atoms with Gasteiger partial charge in [0.2, 0.25) is 0 Å². The molecule has 12 heavy (non-hydrogen) atoms. The van der Waals surface area contributed by atoms with E-state index in [1.807, 2.05) is 0 Å². The minimum absolute atomic E-state index is 0.364. The highest BCUT2D eigenvalue weighted by Crippen LogP contribution is 2.26.